The average Bonchev–Trinajstić information content (AvgIpc) is 2.68. The van der Waals surface area contributed by atoms with Crippen molar-refractivity contribution in [1.29, 1.82) is 0 Å². The molecule has 1 atom stereocenters. The smallest absolute Gasteiger partial charge is 0.213 e. The summed E-state index contributed by atoms with van der Waals surface area (Å²) in [6, 6.07) is 7.05. The van der Waals surface area contributed by atoms with Gasteiger partial charge in [-0.2, -0.15) is 0 Å². The van der Waals surface area contributed by atoms with Crippen LogP contribution in [0.25, 0.3) is 11.1 Å². The second-order valence-corrected chi connectivity index (χ2v) is 4.06. The van der Waals surface area contributed by atoms with Gasteiger partial charge in [-0.15, -0.1) is 12.6 Å². The molecular formula is C10H10N2O2S2. The van der Waals surface area contributed by atoms with Crippen LogP contribution in [0.2, 0.25) is 0 Å². The van der Waals surface area contributed by atoms with E-state index in [1.165, 1.54) is 0 Å². The summed E-state index contributed by atoms with van der Waals surface area (Å²) >= 11 is 7.67. The van der Waals surface area contributed by atoms with E-state index in [0.29, 0.717) is 11.5 Å². The molecule has 2 aromatic rings. The summed E-state index contributed by atoms with van der Waals surface area (Å²) < 4.78 is 8.19. The van der Waals surface area contributed by atoms with Crippen molar-refractivity contribution in [3.05, 3.63) is 30.2 Å². The molecule has 6 heteroatoms. The lowest BCUT2D eigenvalue weighted by atomic mass is 10.2. The zero-order valence-electron chi connectivity index (χ0n) is 8.25. The van der Waals surface area contributed by atoms with E-state index >= 15 is 0 Å². The molecule has 1 heterocycles. The Morgan fingerprint density at radius 1 is 1.50 bits per heavy atom. The van der Waals surface area contributed by atoms with Crippen molar-refractivity contribution < 1.29 is 9.21 Å². The molecule has 0 saturated heterocycles. The largest absolute Gasteiger partial charge is 0.439 e. The highest BCUT2D eigenvalue weighted by Gasteiger charge is 2.18. The first-order valence-electron chi connectivity index (χ1n) is 4.67. The number of carbonyl (C=O) groups excluding carboxylic acids is 1. The van der Waals surface area contributed by atoms with Crippen LogP contribution in [0.4, 0.5) is 0 Å². The molecule has 4 nitrogen and oxygen atoms in total. The van der Waals surface area contributed by atoms with Gasteiger partial charge in [-0.25, -0.2) is 4.98 Å². The van der Waals surface area contributed by atoms with E-state index in [0.717, 1.165) is 5.52 Å². The Labute approximate surface area is 103 Å². The van der Waals surface area contributed by atoms with Crippen molar-refractivity contribution in [2.75, 3.05) is 0 Å². The Kier molecular flexibility index (Phi) is 3.52. The maximum Gasteiger partial charge on any atom is 0.213 e. The number of aromatic nitrogens is 1. The van der Waals surface area contributed by atoms with Gasteiger partial charge in [0.25, 0.3) is 0 Å². The molecule has 1 aromatic heterocycles. The summed E-state index contributed by atoms with van der Waals surface area (Å²) in [5.74, 6) is 0.443. The Hall–Kier alpha value is -0.980. The van der Waals surface area contributed by atoms with Crippen LogP contribution in [-0.2, 0) is 4.79 Å². The van der Waals surface area contributed by atoms with E-state index in [9.17, 15) is 4.79 Å². The standard InChI is InChI=1S/C10H10N2O2S2/c13-9(15)5-7(12-16)10-11-6-3-1-2-4-8(6)14-10/h1-4,7,12,16H,5H2,(H,13,15). The molecule has 1 unspecified atom stereocenters. The maximum absolute atomic E-state index is 10.9. The van der Waals surface area contributed by atoms with Crippen molar-refractivity contribution in [3.63, 3.8) is 0 Å². The number of benzene rings is 1. The van der Waals surface area contributed by atoms with E-state index in [2.05, 4.69) is 35.1 Å². The van der Waals surface area contributed by atoms with Gasteiger partial charge in [0.1, 0.15) is 11.6 Å². The Morgan fingerprint density at radius 3 is 2.88 bits per heavy atom. The molecule has 0 bridgehead atoms. The minimum atomic E-state index is -0.360. The number of hydrogen-bond acceptors (Lipinski definition) is 5. The topological polar surface area (TPSA) is 55.1 Å². The van der Waals surface area contributed by atoms with Crippen LogP contribution in [0.15, 0.2) is 28.7 Å². The van der Waals surface area contributed by atoms with Gasteiger partial charge in [-0.3, -0.25) is 9.52 Å². The van der Waals surface area contributed by atoms with Gasteiger partial charge in [-0.05, 0) is 12.1 Å². The van der Waals surface area contributed by atoms with Crippen molar-refractivity contribution in [2.24, 2.45) is 0 Å². The highest BCUT2D eigenvalue weighted by molar-refractivity contribution is 7.96. The third-order valence-corrected chi connectivity index (χ3v) is 2.64. The van der Waals surface area contributed by atoms with Gasteiger partial charge in [0.05, 0.1) is 0 Å². The first-order chi connectivity index (χ1) is 7.70. The molecule has 0 aliphatic heterocycles. The number of carbonyl (C=O) groups is 1. The van der Waals surface area contributed by atoms with E-state index in [1.807, 2.05) is 24.3 Å². The Balaban J connectivity index is 2.34. The SMILES string of the molecule is O=C(S)CC(NS)c1nc2ccccc2o1. The van der Waals surface area contributed by atoms with Crippen LogP contribution < -0.4 is 4.72 Å². The molecule has 0 spiro atoms. The lowest BCUT2D eigenvalue weighted by molar-refractivity contribution is -0.111. The molecule has 1 aromatic carbocycles. The number of rotatable bonds is 4. The predicted octanol–water partition coefficient (Wildman–Crippen LogP) is 2.15. The zero-order chi connectivity index (χ0) is 11.5. The monoisotopic (exact) mass is 254 g/mol. The average molecular weight is 254 g/mol. The number of thiol groups is 2. The highest BCUT2D eigenvalue weighted by atomic mass is 32.1. The fourth-order valence-corrected chi connectivity index (χ4v) is 1.79. The second-order valence-electron chi connectivity index (χ2n) is 3.30. The molecule has 0 fully saturated rings. The fourth-order valence-electron chi connectivity index (χ4n) is 1.40. The van der Waals surface area contributed by atoms with Crippen LogP contribution in [0.5, 0.6) is 0 Å². The summed E-state index contributed by atoms with van der Waals surface area (Å²) in [4.78, 5) is 15.2. The first kappa shape index (κ1) is 11.5. The highest BCUT2D eigenvalue weighted by Crippen LogP contribution is 2.22. The molecular weight excluding hydrogens is 244 g/mol. The van der Waals surface area contributed by atoms with Crippen LogP contribution in [-0.4, -0.2) is 10.1 Å². The quantitative estimate of drug-likeness (QED) is 0.732. The summed E-state index contributed by atoms with van der Waals surface area (Å²) in [6.45, 7) is 0. The summed E-state index contributed by atoms with van der Waals surface area (Å²) in [5, 5.41) is -0.242. The number of oxazole rings is 1. The van der Waals surface area contributed by atoms with Crippen LogP contribution in [0, 0.1) is 0 Å². The van der Waals surface area contributed by atoms with Gasteiger partial charge in [0.2, 0.25) is 5.89 Å². The van der Waals surface area contributed by atoms with Gasteiger partial charge in [0.15, 0.2) is 10.7 Å². The van der Waals surface area contributed by atoms with Gasteiger partial charge < -0.3 is 4.42 Å². The van der Waals surface area contributed by atoms with Crippen molar-refractivity contribution in [2.45, 2.75) is 12.5 Å². The van der Waals surface area contributed by atoms with E-state index in [-0.39, 0.29) is 17.6 Å². The lowest BCUT2D eigenvalue weighted by Gasteiger charge is -2.07. The molecule has 0 radical (unpaired) electrons. The van der Waals surface area contributed by atoms with Gasteiger partial charge >= 0.3 is 0 Å². The van der Waals surface area contributed by atoms with Crippen LogP contribution in [0.1, 0.15) is 18.4 Å². The minimum Gasteiger partial charge on any atom is -0.439 e. The molecule has 84 valence electrons. The van der Waals surface area contributed by atoms with Gasteiger partial charge in [-0.1, -0.05) is 24.9 Å². The zero-order valence-corrected chi connectivity index (χ0v) is 10.0. The molecule has 0 amide bonds. The third-order valence-electron chi connectivity index (χ3n) is 2.14. The number of nitrogens with zero attached hydrogens (tertiary/aromatic N) is 1. The molecule has 0 aliphatic carbocycles. The van der Waals surface area contributed by atoms with Crippen LogP contribution in [0.3, 0.4) is 0 Å². The van der Waals surface area contributed by atoms with E-state index in [1.54, 1.807) is 0 Å². The maximum atomic E-state index is 10.9. The minimum absolute atomic E-state index is 0.180. The van der Waals surface area contributed by atoms with Crippen molar-refractivity contribution in [1.82, 2.24) is 9.71 Å². The number of nitrogens with one attached hydrogen (secondary N) is 1. The van der Waals surface area contributed by atoms with Crippen LogP contribution >= 0.6 is 25.4 Å². The molecule has 0 aliphatic rings. The predicted molar refractivity (Wildman–Crippen MR) is 67.5 cm³/mol. The number of para-hydroxylation sites is 2. The third kappa shape index (κ3) is 2.40. The Morgan fingerprint density at radius 2 is 2.25 bits per heavy atom. The number of fused-ring (bicyclic) bond motifs is 1. The molecule has 1 N–H and O–H groups in total. The first-order valence-corrected chi connectivity index (χ1v) is 5.57. The summed E-state index contributed by atoms with van der Waals surface area (Å²) in [6.07, 6.45) is 0.180. The fraction of sp³-hybridized carbons (Fsp3) is 0.200. The normalized spacial score (nSPS) is 12.9. The second kappa shape index (κ2) is 4.90. The molecule has 16 heavy (non-hydrogen) atoms. The lowest BCUT2D eigenvalue weighted by Crippen LogP contribution is -2.14. The van der Waals surface area contributed by atoms with Crippen molar-refractivity contribution in [3.8, 4) is 0 Å². The van der Waals surface area contributed by atoms with Crippen molar-refractivity contribution >= 4 is 41.7 Å². The number of hydrogen-bond donors (Lipinski definition) is 3. The summed E-state index contributed by atoms with van der Waals surface area (Å²) in [5.41, 5.74) is 1.45. The van der Waals surface area contributed by atoms with Gasteiger partial charge in [0, 0.05) is 6.42 Å². The van der Waals surface area contributed by atoms with E-state index < -0.39 is 0 Å². The Bertz CT molecular complexity index is 479. The summed E-state index contributed by atoms with van der Waals surface area (Å²) in [7, 11) is 0. The molecule has 2 rings (SSSR count). The van der Waals surface area contributed by atoms with E-state index in [4.69, 9.17) is 4.42 Å². The molecule has 0 saturated carbocycles.